The van der Waals surface area contributed by atoms with Crippen molar-refractivity contribution in [3.63, 3.8) is 0 Å². The molecule has 1 fully saturated rings. The van der Waals surface area contributed by atoms with Crippen molar-refractivity contribution in [2.24, 2.45) is 5.41 Å². The summed E-state index contributed by atoms with van der Waals surface area (Å²) >= 11 is 0. The molecule has 1 aromatic carbocycles. The van der Waals surface area contributed by atoms with Crippen LogP contribution >= 0.6 is 0 Å². The molecule has 3 rings (SSSR count). The number of nitrogens with one attached hydrogen (secondary N) is 1. The van der Waals surface area contributed by atoms with E-state index in [1.54, 1.807) is 0 Å². The second-order valence-electron chi connectivity index (χ2n) is 6.02. The number of carbonyl (C=O) groups excluding carboxylic acids is 1. The van der Waals surface area contributed by atoms with Crippen LogP contribution in [0.5, 0.6) is 0 Å². The van der Waals surface area contributed by atoms with E-state index in [4.69, 9.17) is 4.74 Å². The molecule has 0 radical (unpaired) electrons. The highest BCUT2D eigenvalue weighted by atomic mass is 16.5. The summed E-state index contributed by atoms with van der Waals surface area (Å²) in [6.45, 7) is 1.96. The van der Waals surface area contributed by atoms with Gasteiger partial charge in [-0.1, -0.05) is 18.9 Å². The fraction of sp³-hybridized carbons (Fsp3) is 0.562. The predicted octanol–water partition coefficient (Wildman–Crippen LogP) is 2.00. The summed E-state index contributed by atoms with van der Waals surface area (Å²) in [5, 5.41) is 12.5. The van der Waals surface area contributed by atoms with Crippen LogP contribution in [-0.2, 0) is 18.0 Å². The van der Waals surface area contributed by atoms with Crippen LogP contribution in [0.15, 0.2) is 18.2 Å². The van der Waals surface area contributed by atoms with Crippen molar-refractivity contribution < 1.29 is 14.6 Å². The van der Waals surface area contributed by atoms with Gasteiger partial charge in [0.25, 0.3) is 5.91 Å². The smallest absolute Gasteiger partial charge is 0.251 e. The Morgan fingerprint density at radius 1 is 1.25 bits per heavy atom. The van der Waals surface area contributed by atoms with Gasteiger partial charge in [0.05, 0.1) is 19.8 Å². The molecule has 1 saturated carbocycles. The third-order valence-electron chi connectivity index (χ3n) is 4.61. The minimum absolute atomic E-state index is 0.0561. The Bertz CT molecular complexity index is 506. The molecule has 2 N–H and O–H groups in total. The van der Waals surface area contributed by atoms with Gasteiger partial charge in [0.1, 0.15) is 0 Å². The van der Waals surface area contributed by atoms with Crippen molar-refractivity contribution in [3.05, 3.63) is 34.9 Å². The summed E-state index contributed by atoms with van der Waals surface area (Å²) in [7, 11) is 0. The van der Waals surface area contributed by atoms with E-state index in [1.807, 2.05) is 18.2 Å². The van der Waals surface area contributed by atoms with Crippen molar-refractivity contribution in [1.82, 2.24) is 5.32 Å². The molecule has 1 amide bonds. The molecule has 0 unspecified atom stereocenters. The number of benzene rings is 1. The van der Waals surface area contributed by atoms with Gasteiger partial charge in [0, 0.05) is 17.5 Å². The fourth-order valence-corrected chi connectivity index (χ4v) is 3.20. The zero-order chi connectivity index (χ0) is 14.0. The van der Waals surface area contributed by atoms with Gasteiger partial charge >= 0.3 is 0 Å². The molecule has 2 aliphatic rings. The third kappa shape index (κ3) is 2.58. The van der Waals surface area contributed by atoms with E-state index in [-0.39, 0.29) is 17.9 Å². The Kier molecular flexibility index (Phi) is 3.76. The number of hydrogen-bond donors (Lipinski definition) is 2. The van der Waals surface area contributed by atoms with Crippen molar-refractivity contribution in [3.8, 4) is 0 Å². The van der Waals surface area contributed by atoms with E-state index < -0.39 is 0 Å². The lowest BCUT2D eigenvalue weighted by Crippen LogP contribution is -2.38. The van der Waals surface area contributed by atoms with Crippen LogP contribution in [0.1, 0.15) is 47.2 Å². The lowest BCUT2D eigenvalue weighted by Gasteiger charge is -2.26. The van der Waals surface area contributed by atoms with Gasteiger partial charge in [-0.05, 0) is 36.1 Å². The molecule has 0 aromatic heterocycles. The standard InChI is InChI=1S/C16H21NO3/c18-11-16(5-1-2-6-16)10-17-15(19)12-3-4-13-8-20-9-14(13)7-12/h3-4,7,18H,1-2,5-6,8-11H2,(H,17,19). The Hall–Kier alpha value is -1.39. The molecule has 1 aliphatic heterocycles. The molecule has 1 heterocycles. The molecular weight excluding hydrogens is 254 g/mol. The molecular formula is C16H21NO3. The molecule has 1 aliphatic carbocycles. The van der Waals surface area contributed by atoms with Gasteiger partial charge in [0.15, 0.2) is 0 Å². The molecule has 0 spiro atoms. The average Bonchev–Trinajstić information content (AvgIpc) is 3.13. The van der Waals surface area contributed by atoms with Crippen molar-refractivity contribution in [2.45, 2.75) is 38.9 Å². The number of aliphatic hydroxyl groups excluding tert-OH is 1. The first-order chi connectivity index (χ1) is 9.72. The van der Waals surface area contributed by atoms with Gasteiger partial charge in [-0.25, -0.2) is 0 Å². The van der Waals surface area contributed by atoms with Crippen molar-refractivity contribution in [1.29, 1.82) is 0 Å². The lowest BCUT2D eigenvalue weighted by molar-refractivity contribution is 0.0880. The summed E-state index contributed by atoms with van der Waals surface area (Å²) < 4.78 is 5.36. The molecule has 0 bridgehead atoms. The van der Waals surface area contributed by atoms with E-state index in [0.29, 0.717) is 25.3 Å². The highest BCUT2D eigenvalue weighted by Crippen LogP contribution is 2.36. The average molecular weight is 275 g/mol. The van der Waals surface area contributed by atoms with Crippen LogP contribution in [0.25, 0.3) is 0 Å². The van der Waals surface area contributed by atoms with E-state index in [9.17, 15) is 9.90 Å². The van der Waals surface area contributed by atoms with Gasteiger partial charge in [-0.2, -0.15) is 0 Å². The first kappa shape index (κ1) is 13.6. The summed E-state index contributed by atoms with van der Waals surface area (Å²) in [5.74, 6) is -0.0561. The predicted molar refractivity (Wildman–Crippen MR) is 75.3 cm³/mol. The second-order valence-corrected chi connectivity index (χ2v) is 6.02. The highest BCUT2D eigenvalue weighted by molar-refractivity contribution is 5.94. The SMILES string of the molecule is O=C(NCC1(CO)CCCC1)c1ccc2c(c1)COC2. The number of carbonyl (C=O) groups is 1. The first-order valence-electron chi connectivity index (χ1n) is 7.31. The zero-order valence-electron chi connectivity index (χ0n) is 11.7. The monoisotopic (exact) mass is 275 g/mol. The van der Waals surface area contributed by atoms with Crippen LogP contribution in [-0.4, -0.2) is 24.2 Å². The van der Waals surface area contributed by atoms with Gasteiger partial charge in [0.2, 0.25) is 0 Å². The quantitative estimate of drug-likeness (QED) is 0.883. The molecule has 20 heavy (non-hydrogen) atoms. The molecule has 4 heteroatoms. The number of hydrogen-bond acceptors (Lipinski definition) is 3. The summed E-state index contributed by atoms with van der Waals surface area (Å²) in [6.07, 6.45) is 4.29. The lowest BCUT2D eigenvalue weighted by atomic mass is 9.87. The van der Waals surface area contributed by atoms with Gasteiger partial charge in [-0.3, -0.25) is 4.79 Å². The van der Waals surface area contributed by atoms with Gasteiger partial charge in [-0.15, -0.1) is 0 Å². The van der Waals surface area contributed by atoms with Crippen molar-refractivity contribution in [2.75, 3.05) is 13.2 Å². The topological polar surface area (TPSA) is 58.6 Å². The number of aliphatic hydroxyl groups is 1. The van der Waals surface area contributed by atoms with E-state index in [0.717, 1.165) is 31.2 Å². The minimum Gasteiger partial charge on any atom is -0.396 e. The summed E-state index contributed by atoms with van der Waals surface area (Å²) in [4.78, 5) is 12.2. The van der Waals surface area contributed by atoms with Crippen molar-refractivity contribution >= 4 is 5.91 Å². The van der Waals surface area contributed by atoms with Crippen LogP contribution in [0.4, 0.5) is 0 Å². The fourth-order valence-electron chi connectivity index (χ4n) is 3.20. The van der Waals surface area contributed by atoms with Crippen LogP contribution in [0.3, 0.4) is 0 Å². The van der Waals surface area contributed by atoms with Crippen LogP contribution in [0, 0.1) is 5.41 Å². The first-order valence-corrected chi connectivity index (χ1v) is 7.31. The van der Waals surface area contributed by atoms with E-state index in [2.05, 4.69) is 5.32 Å². The number of amides is 1. The van der Waals surface area contributed by atoms with Crippen LogP contribution in [0.2, 0.25) is 0 Å². The van der Waals surface area contributed by atoms with E-state index >= 15 is 0 Å². The zero-order valence-corrected chi connectivity index (χ0v) is 11.7. The van der Waals surface area contributed by atoms with Gasteiger partial charge < -0.3 is 15.2 Å². The summed E-state index contributed by atoms with van der Waals surface area (Å²) in [5.41, 5.74) is 2.86. The maximum absolute atomic E-state index is 12.2. The Labute approximate surface area is 119 Å². The Balaban J connectivity index is 1.64. The Morgan fingerprint density at radius 2 is 2.00 bits per heavy atom. The maximum atomic E-state index is 12.2. The normalized spacial score (nSPS) is 19.9. The largest absolute Gasteiger partial charge is 0.396 e. The highest BCUT2D eigenvalue weighted by Gasteiger charge is 2.33. The molecule has 0 saturated heterocycles. The minimum atomic E-state index is -0.102. The number of rotatable bonds is 4. The maximum Gasteiger partial charge on any atom is 0.251 e. The van der Waals surface area contributed by atoms with E-state index in [1.165, 1.54) is 5.56 Å². The molecule has 108 valence electrons. The third-order valence-corrected chi connectivity index (χ3v) is 4.61. The number of ether oxygens (including phenoxy) is 1. The molecule has 0 atom stereocenters. The second kappa shape index (κ2) is 5.54. The van der Waals surface area contributed by atoms with Crippen LogP contribution < -0.4 is 5.32 Å². The Morgan fingerprint density at radius 3 is 2.75 bits per heavy atom. The molecule has 1 aromatic rings. The molecule has 4 nitrogen and oxygen atoms in total. The number of fused-ring (bicyclic) bond motifs is 1. The summed E-state index contributed by atoms with van der Waals surface area (Å²) in [6, 6.07) is 5.73.